The van der Waals surface area contributed by atoms with Crippen LogP contribution in [0.5, 0.6) is 0 Å². The van der Waals surface area contributed by atoms with Gasteiger partial charge in [0.15, 0.2) is 0 Å². The van der Waals surface area contributed by atoms with Crippen molar-refractivity contribution in [2.45, 2.75) is 32.9 Å². The molecule has 0 bridgehead atoms. The van der Waals surface area contributed by atoms with Crippen molar-refractivity contribution in [3.8, 4) is 0 Å². The Morgan fingerprint density at radius 2 is 1.79 bits per heavy atom. The van der Waals surface area contributed by atoms with Crippen molar-refractivity contribution in [3.05, 3.63) is 52.5 Å². The summed E-state index contributed by atoms with van der Waals surface area (Å²) in [6, 6.07) is 8.62. The van der Waals surface area contributed by atoms with Crippen LogP contribution in [0, 0.1) is 5.92 Å². The Morgan fingerprint density at radius 3 is 2.37 bits per heavy atom. The lowest BCUT2D eigenvalue weighted by atomic mass is 10.0. The van der Waals surface area contributed by atoms with Gasteiger partial charge in [0.2, 0.25) is 0 Å². The van der Waals surface area contributed by atoms with E-state index >= 15 is 0 Å². The molecule has 2 rings (SSSR count). The lowest BCUT2D eigenvalue weighted by Gasteiger charge is -2.22. The summed E-state index contributed by atoms with van der Waals surface area (Å²) in [6.45, 7) is 6.43. The minimum absolute atomic E-state index is 0.0143. The van der Waals surface area contributed by atoms with Gasteiger partial charge in [0.25, 0.3) is 0 Å². The topological polar surface area (TPSA) is 43.8 Å². The third kappa shape index (κ3) is 3.07. The molecule has 1 heterocycles. The number of hydrogen-bond donors (Lipinski definition) is 1. The number of rotatable bonds is 4. The van der Waals surface area contributed by atoms with Crippen molar-refractivity contribution < 1.29 is 0 Å². The van der Waals surface area contributed by atoms with Crippen LogP contribution in [0.15, 0.2) is 41.3 Å². The second-order valence-corrected chi connectivity index (χ2v) is 6.14. The molecule has 3 nitrogen and oxygen atoms in total. The molecule has 0 amide bonds. The SMILES string of the molecule is CC(C)C(N)c1cncn1C(C)c1ccc(Br)cc1. The fourth-order valence-corrected chi connectivity index (χ4v) is 2.40. The molecule has 0 saturated carbocycles. The highest BCUT2D eigenvalue weighted by Gasteiger charge is 2.18. The van der Waals surface area contributed by atoms with E-state index in [1.165, 1.54) is 5.56 Å². The van der Waals surface area contributed by atoms with Gasteiger partial charge < -0.3 is 10.3 Å². The van der Waals surface area contributed by atoms with Gasteiger partial charge >= 0.3 is 0 Å². The number of benzene rings is 1. The summed E-state index contributed by atoms with van der Waals surface area (Å²) in [5, 5.41) is 0. The molecule has 0 aliphatic heterocycles. The highest BCUT2D eigenvalue weighted by Crippen LogP contribution is 2.26. The van der Waals surface area contributed by atoms with Gasteiger partial charge in [-0.15, -0.1) is 0 Å². The van der Waals surface area contributed by atoms with Gasteiger partial charge in [0, 0.05) is 16.7 Å². The molecule has 0 saturated heterocycles. The number of hydrogen-bond acceptors (Lipinski definition) is 2. The first kappa shape index (κ1) is 14.3. The van der Waals surface area contributed by atoms with Gasteiger partial charge in [-0.2, -0.15) is 0 Å². The molecule has 102 valence electrons. The Morgan fingerprint density at radius 1 is 1.16 bits per heavy atom. The fourth-order valence-electron chi connectivity index (χ4n) is 2.14. The normalized spacial score (nSPS) is 14.6. The molecular weight excluding hydrogens is 302 g/mol. The van der Waals surface area contributed by atoms with Gasteiger partial charge in [-0.3, -0.25) is 0 Å². The highest BCUT2D eigenvalue weighted by atomic mass is 79.9. The summed E-state index contributed by atoms with van der Waals surface area (Å²) < 4.78 is 3.25. The summed E-state index contributed by atoms with van der Waals surface area (Å²) >= 11 is 3.46. The standard InChI is InChI=1S/C15H20BrN3/c1-10(2)15(17)14-8-18-9-19(14)11(3)12-4-6-13(16)7-5-12/h4-11,15H,17H2,1-3H3. The molecule has 2 aromatic rings. The maximum atomic E-state index is 6.25. The van der Waals surface area contributed by atoms with Crippen LogP contribution in [0.25, 0.3) is 0 Å². The minimum Gasteiger partial charge on any atom is -0.326 e. The van der Waals surface area contributed by atoms with Gasteiger partial charge in [-0.1, -0.05) is 41.9 Å². The first-order valence-electron chi connectivity index (χ1n) is 6.53. The molecule has 0 fully saturated rings. The largest absolute Gasteiger partial charge is 0.326 e. The van der Waals surface area contributed by atoms with E-state index in [9.17, 15) is 0 Å². The van der Waals surface area contributed by atoms with Crippen LogP contribution in [0.3, 0.4) is 0 Å². The lowest BCUT2D eigenvalue weighted by Crippen LogP contribution is -2.22. The predicted molar refractivity (Wildman–Crippen MR) is 81.9 cm³/mol. The summed E-state index contributed by atoms with van der Waals surface area (Å²) in [5.41, 5.74) is 8.59. The van der Waals surface area contributed by atoms with Crippen LogP contribution in [0.4, 0.5) is 0 Å². The Balaban J connectivity index is 2.32. The zero-order valence-corrected chi connectivity index (χ0v) is 13.1. The Labute approximate surface area is 123 Å². The van der Waals surface area contributed by atoms with Crippen molar-refractivity contribution in [2.24, 2.45) is 11.7 Å². The number of halogens is 1. The van der Waals surface area contributed by atoms with Crippen LogP contribution < -0.4 is 5.73 Å². The minimum atomic E-state index is 0.0143. The van der Waals surface area contributed by atoms with Gasteiger partial charge in [0.05, 0.1) is 18.1 Å². The fraction of sp³-hybridized carbons (Fsp3) is 0.400. The molecule has 2 N–H and O–H groups in total. The molecule has 4 heteroatoms. The Hall–Kier alpha value is -1.13. The van der Waals surface area contributed by atoms with E-state index in [-0.39, 0.29) is 12.1 Å². The highest BCUT2D eigenvalue weighted by molar-refractivity contribution is 9.10. The lowest BCUT2D eigenvalue weighted by molar-refractivity contribution is 0.468. The molecule has 1 aromatic heterocycles. The molecule has 2 atom stereocenters. The van der Waals surface area contributed by atoms with E-state index < -0.39 is 0 Å². The van der Waals surface area contributed by atoms with Crippen molar-refractivity contribution >= 4 is 15.9 Å². The Kier molecular flexibility index (Phi) is 4.42. The number of imidazole rings is 1. The van der Waals surface area contributed by atoms with E-state index in [0.29, 0.717) is 5.92 Å². The zero-order chi connectivity index (χ0) is 14.0. The summed E-state index contributed by atoms with van der Waals surface area (Å²) in [4.78, 5) is 4.26. The number of nitrogens with zero attached hydrogens (tertiary/aromatic N) is 2. The second kappa shape index (κ2) is 5.88. The van der Waals surface area contributed by atoms with Crippen LogP contribution in [-0.2, 0) is 0 Å². The third-order valence-corrected chi connectivity index (χ3v) is 4.05. The number of aromatic nitrogens is 2. The first-order chi connectivity index (χ1) is 9.00. The second-order valence-electron chi connectivity index (χ2n) is 5.22. The zero-order valence-electron chi connectivity index (χ0n) is 11.5. The van der Waals surface area contributed by atoms with Crippen molar-refractivity contribution in [1.82, 2.24) is 9.55 Å². The predicted octanol–water partition coefficient (Wildman–Crippen LogP) is 3.91. The van der Waals surface area contributed by atoms with Crippen molar-refractivity contribution in [3.63, 3.8) is 0 Å². The monoisotopic (exact) mass is 321 g/mol. The average molecular weight is 322 g/mol. The summed E-state index contributed by atoms with van der Waals surface area (Å²) in [5.74, 6) is 0.396. The Bertz CT molecular complexity index is 531. The van der Waals surface area contributed by atoms with E-state index in [1.54, 1.807) is 0 Å². The van der Waals surface area contributed by atoms with Gasteiger partial charge in [-0.05, 0) is 30.5 Å². The summed E-state index contributed by atoms with van der Waals surface area (Å²) in [7, 11) is 0. The molecule has 0 aliphatic rings. The molecule has 19 heavy (non-hydrogen) atoms. The quantitative estimate of drug-likeness (QED) is 0.927. The average Bonchev–Trinajstić information content (AvgIpc) is 2.86. The van der Waals surface area contributed by atoms with E-state index in [2.05, 4.69) is 70.5 Å². The molecule has 0 aliphatic carbocycles. The molecule has 0 radical (unpaired) electrons. The van der Waals surface area contributed by atoms with Gasteiger partial charge in [0.1, 0.15) is 0 Å². The maximum absolute atomic E-state index is 6.25. The molecular formula is C15H20BrN3. The van der Waals surface area contributed by atoms with Gasteiger partial charge in [-0.25, -0.2) is 4.98 Å². The smallest absolute Gasteiger partial charge is 0.0954 e. The van der Waals surface area contributed by atoms with Crippen LogP contribution >= 0.6 is 15.9 Å². The van der Waals surface area contributed by atoms with E-state index in [0.717, 1.165) is 10.2 Å². The third-order valence-electron chi connectivity index (χ3n) is 3.53. The van der Waals surface area contributed by atoms with Crippen LogP contribution in [0.2, 0.25) is 0 Å². The van der Waals surface area contributed by atoms with E-state index in [1.807, 2.05) is 12.5 Å². The maximum Gasteiger partial charge on any atom is 0.0954 e. The number of nitrogens with two attached hydrogens (primary N) is 1. The van der Waals surface area contributed by atoms with Crippen LogP contribution in [-0.4, -0.2) is 9.55 Å². The molecule has 2 unspecified atom stereocenters. The molecule has 1 aromatic carbocycles. The van der Waals surface area contributed by atoms with Crippen LogP contribution in [0.1, 0.15) is 44.1 Å². The summed E-state index contributed by atoms with van der Waals surface area (Å²) in [6.07, 6.45) is 3.74. The molecule has 0 spiro atoms. The van der Waals surface area contributed by atoms with E-state index in [4.69, 9.17) is 5.73 Å². The van der Waals surface area contributed by atoms with Crippen molar-refractivity contribution in [2.75, 3.05) is 0 Å². The van der Waals surface area contributed by atoms with Crippen molar-refractivity contribution in [1.29, 1.82) is 0 Å². The first-order valence-corrected chi connectivity index (χ1v) is 7.32.